The molecule has 0 bridgehead atoms. The van der Waals surface area contributed by atoms with Crippen molar-refractivity contribution in [2.75, 3.05) is 11.5 Å². The molecule has 2 aliphatic rings. The molecule has 110 valence electrons. The van der Waals surface area contributed by atoms with E-state index in [4.69, 9.17) is 11.5 Å². The lowest BCUT2D eigenvalue weighted by molar-refractivity contribution is -0.114. The first kappa shape index (κ1) is 14.2. The Morgan fingerprint density at radius 1 is 1.29 bits per heavy atom. The van der Waals surface area contributed by atoms with Crippen LogP contribution in [0.4, 0.5) is 11.4 Å². The fourth-order valence-electron chi connectivity index (χ4n) is 2.94. The Balaban J connectivity index is 2.18. The van der Waals surface area contributed by atoms with Crippen molar-refractivity contribution in [2.24, 2.45) is 0 Å². The van der Waals surface area contributed by atoms with Crippen LogP contribution in [0.3, 0.4) is 0 Å². The van der Waals surface area contributed by atoms with Crippen LogP contribution in [0.5, 0.6) is 5.75 Å². The predicted molar refractivity (Wildman–Crippen MR) is 89.6 cm³/mol. The molecule has 2 atom stereocenters. The number of anilines is 2. The molecule has 1 aromatic rings. The van der Waals surface area contributed by atoms with Gasteiger partial charge >= 0.3 is 0 Å². The summed E-state index contributed by atoms with van der Waals surface area (Å²) in [5.41, 5.74) is 15.0. The normalized spacial score (nSPS) is 22.8. The van der Waals surface area contributed by atoms with Gasteiger partial charge in [0.15, 0.2) is 11.5 Å². The van der Waals surface area contributed by atoms with E-state index in [9.17, 15) is 9.90 Å². The van der Waals surface area contributed by atoms with Crippen molar-refractivity contribution >= 4 is 37.8 Å². The van der Waals surface area contributed by atoms with Gasteiger partial charge in [-0.25, -0.2) is 0 Å². The van der Waals surface area contributed by atoms with Crippen LogP contribution < -0.4 is 16.8 Å². The summed E-state index contributed by atoms with van der Waals surface area (Å²) < 4.78 is 0. The minimum absolute atomic E-state index is 0.0752. The summed E-state index contributed by atoms with van der Waals surface area (Å²) in [6.07, 6.45) is 9.11. The Bertz CT molecular complexity index is 692. The van der Waals surface area contributed by atoms with Gasteiger partial charge in [0.05, 0.1) is 11.4 Å². The number of phenolic OH excluding ortho intramolecular Hbond substituents is 1. The second kappa shape index (κ2) is 5.19. The summed E-state index contributed by atoms with van der Waals surface area (Å²) in [4.78, 5) is 11.8. The van der Waals surface area contributed by atoms with Crippen molar-refractivity contribution in [1.82, 2.24) is 0 Å². The molecule has 0 saturated heterocycles. The Morgan fingerprint density at radius 2 is 2.00 bits per heavy atom. The molecule has 3 rings (SSSR count). The number of carbonyl (C=O) groups is 1. The molecule has 0 amide bonds. The zero-order chi connectivity index (χ0) is 15.1. The molecule has 2 unspecified atom stereocenters. The number of Topliss-reactive ketones (excluding diaryl/α,β-unsaturated/α-hetero) is 1. The van der Waals surface area contributed by atoms with Crippen molar-refractivity contribution in [3.63, 3.8) is 0 Å². The number of ketones is 1. The number of aromatic hydroxyl groups is 1. The van der Waals surface area contributed by atoms with E-state index in [2.05, 4.69) is 21.4 Å². The van der Waals surface area contributed by atoms with Gasteiger partial charge in [-0.05, 0) is 41.8 Å². The van der Waals surface area contributed by atoms with Gasteiger partial charge in [-0.3, -0.25) is 4.79 Å². The average Bonchev–Trinajstić information content (AvgIpc) is 2.80. The fourth-order valence-corrected chi connectivity index (χ4v) is 3.55. The maximum absolute atomic E-state index is 11.8. The van der Waals surface area contributed by atoms with Gasteiger partial charge in [-0.15, -0.1) is 9.24 Å². The fraction of sp³-hybridized carbons (Fsp3) is 0.312. The molecule has 5 heteroatoms. The Hall–Kier alpha value is -1.80. The van der Waals surface area contributed by atoms with E-state index >= 15 is 0 Å². The van der Waals surface area contributed by atoms with Crippen LogP contribution in [0.2, 0.25) is 0 Å². The van der Waals surface area contributed by atoms with E-state index in [1.807, 2.05) is 6.08 Å². The largest absolute Gasteiger partial charge is 0.504 e. The monoisotopic (exact) mass is 302 g/mol. The molecule has 0 spiro atoms. The van der Waals surface area contributed by atoms with E-state index in [1.54, 1.807) is 0 Å². The maximum Gasteiger partial charge on any atom is 0.162 e. The lowest BCUT2D eigenvalue weighted by atomic mass is 9.85. The van der Waals surface area contributed by atoms with Crippen molar-refractivity contribution < 1.29 is 9.90 Å². The molecule has 5 N–H and O–H groups in total. The predicted octanol–water partition coefficient (Wildman–Crippen LogP) is 2.24. The maximum atomic E-state index is 11.8. The molecule has 21 heavy (non-hydrogen) atoms. The van der Waals surface area contributed by atoms with E-state index in [-0.39, 0.29) is 23.1 Å². The SMILES string of the molecule is Nc1c(O)c(N)c(C2C=CC2)c(P)c1/C=C1\CCCC1=O. The van der Waals surface area contributed by atoms with Gasteiger partial charge in [0, 0.05) is 17.9 Å². The van der Waals surface area contributed by atoms with Crippen LogP contribution in [-0.2, 0) is 4.79 Å². The molecular weight excluding hydrogens is 283 g/mol. The highest BCUT2D eigenvalue weighted by Gasteiger charge is 2.25. The quantitative estimate of drug-likeness (QED) is 0.257. The van der Waals surface area contributed by atoms with Gasteiger partial charge in [-0.1, -0.05) is 12.2 Å². The van der Waals surface area contributed by atoms with Gasteiger partial charge in [-0.2, -0.15) is 0 Å². The van der Waals surface area contributed by atoms with Crippen LogP contribution in [0.25, 0.3) is 6.08 Å². The van der Waals surface area contributed by atoms with Crippen LogP contribution >= 0.6 is 9.24 Å². The van der Waals surface area contributed by atoms with E-state index < -0.39 is 0 Å². The van der Waals surface area contributed by atoms with Crippen molar-refractivity contribution in [2.45, 2.75) is 31.6 Å². The molecule has 0 aliphatic heterocycles. The number of rotatable bonds is 2. The minimum Gasteiger partial charge on any atom is -0.504 e. The number of benzene rings is 1. The summed E-state index contributed by atoms with van der Waals surface area (Å²) in [6, 6.07) is 0. The first-order chi connectivity index (χ1) is 10.0. The standard InChI is InChI=1S/C16H19N2O2P/c17-13-10(7-9-5-2-6-11(9)19)16(21)12(8-3-1-4-8)14(18)15(13)20/h1,3,7-8,20H,2,4-6,17-18,21H2/b9-7+. The lowest BCUT2D eigenvalue weighted by Gasteiger charge is -2.25. The summed E-state index contributed by atoms with van der Waals surface area (Å²) in [7, 11) is 2.67. The zero-order valence-corrected chi connectivity index (χ0v) is 12.9. The first-order valence-corrected chi connectivity index (χ1v) is 7.68. The number of carbonyl (C=O) groups excluding carboxylic acids is 1. The van der Waals surface area contributed by atoms with Gasteiger partial charge < -0.3 is 16.6 Å². The Morgan fingerprint density at radius 3 is 2.52 bits per heavy atom. The van der Waals surface area contributed by atoms with Crippen LogP contribution in [0.15, 0.2) is 17.7 Å². The van der Waals surface area contributed by atoms with Crippen molar-refractivity contribution in [3.8, 4) is 5.75 Å². The van der Waals surface area contributed by atoms with Gasteiger partial charge in [0.25, 0.3) is 0 Å². The molecule has 0 heterocycles. The third kappa shape index (κ3) is 2.24. The number of allylic oxidation sites excluding steroid dienone is 3. The summed E-state index contributed by atoms with van der Waals surface area (Å²) in [6.45, 7) is 0. The second-order valence-corrected chi connectivity index (χ2v) is 6.21. The summed E-state index contributed by atoms with van der Waals surface area (Å²) in [5.74, 6) is 0.300. The second-order valence-electron chi connectivity index (χ2n) is 5.63. The molecule has 1 saturated carbocycles. The van der Waals surface area contributed by atoms with Crippen LogP contribution in [0.1, 0.15) is 42.7 Å². The highest BCUT2D eigenvalue weighted by molar-refractivity contribution is 7.28. The molecule has 2 aliphatic carbocycles. The molecule has 4 nitrogen and oxygen atoms in total. The first-order valence-electron chi connectivity index (χ1n) is 7.10. The summed E-state index contributed by atoms with van der Waals surface area (Å²) >= 11 is 0. The van der Waals surface area contributed by atoms with E-state index in [0.29, 0.717) is 17.7 Å². The third-order valence-electron chi connectivity index (χ3n) is 4.33. The van der Waals surface area contributed by atoms with Crippen molar-refractivity contribution in [3.05, 3.63) is 28.9 Å². The van der Waals surface area contributed by atoms with Crippen LogP contribution in [0, 0.1) is 0 Å². The average molecular weight is 302 g/mol. The molecule has 1 fully saturated rings. The molecular formula is C16H19N2O2P. The Labute approximate surface area is 126 Å². The number of hydrogen-bond acceptors (Lipinski definition) is 4. The Kier molecular flexibility index (Phi) is 3.50. The third-order valence-corrected chi connectivity index (χ3v) is 4.95. The smallest absolute Gasteiger partial charge is 0.162 e. The van der Waals surface area contributed by atoms with Crippen LogP contribution in [-0.4, -0.2) is 10.9 Å². The van der Waals surface area contributed by atoms with E-state index in [0.717, 1.165) is 35.7 Å². The minimum atomic E-state index is -0.0752. The lowest BCUT2D eigenvalue weighted by Crippen LogP contribution is -2.18. The van der Waals surface area contributed by atoms with Gasteiger partial charge in [0.1, 0.15) is 0 Å². The highest BCUT2D eigenvalue weighted by Crippen LogP contribution is 2.42. The van der Waals surface area contributed by atoms with Gasteiger partial charge in [0.2, 0.25) is 0 Å². The number of nitrogens with two attached hydrogens (primary N) is 2. The zero-order valence-electron chi connectivity index (χ0n) is 11.7. The number of phenols is 1. The number of hydrogen-bond donors (Lipinski definition) is 3. The van der Waals surface area contributed by atoms with E-state index in [1.165, 1.54) is 0 Å². The van der Waals surface area contributed by atoms with Crippen molar-refractivity contribution in [1.29, 1.82) is 0 Å². The number of nitrogen functional groups attached to an aromatic ring is 2. The molecule has 0 aromatic heterocycles. The summed E-state index contributed by atoms with van der Waals surface area (Å²) in [5, 5.41) is 11.1. The topological polar surface area (TPSA) is 89.3 Å². The molecule has 1 aromatic carbocycles. The highest BCUT2D eigenvalue weighted by atomic mass is 31.0. The molecule has 0 radical (unpaired) electrons.